The number of halogens is 6. The molecule has 0 saturated carbocycles. The standard InChI is InChI=1S/C23H23O3S.F6P/c1-18-8-10-20(11-9-18)17-27(2)22-14-12-21(13-15-22)26-23(24)25-16-19-6-4-3-5-7-19;1-7(2,3,4,5)6/h3-15H,16-17H2,1-2H3;/q+1;-1. The average Bonchev–Trinajstić information content (AvgIpc) is 2.73. The fourth-order valence-corrected chi connectivity index (χ4v) is 4.06. The van der Waals surface area contributed by atoms with Crippen molar-refractivity contribution in [3.8, 4) is 5.75 Å². The van der Waals surface area contributed by atoms with E-state index in [0.29, 0.717) is 5.75 Å². The van der Waals surface area contributed by atoms with Crippen LogP contribution in [0.1, 0.15) is 16.7 Å². The van der Waals surface area contributed by atoms with Crippen molar-refractivity contribution in [1.29, 1.82) is 0 Å². The topological polar surface area (TPSA) is 35.5 Å². The van der Waals surface area contributed by atoms with Crippen LogP contribution in [0.25, 0.3) is 0 Å². The van der Waals surface area contributed by atoms with Crippen molar-refractivity contribution in [3.05, 3.63) is 95.6 Å². The van der Waals surface area contributed by atoms with Crippen LogP contribution in [0.5, 0.6) is 5.75 Å². The van der Waals surface area contributed by atoms with Crippen LogP contribution in [0.2, 0.25) is 0 Å². The third-order valence-electron chi connectivity index (χ3n) is 4.13. The number of benzene rings is 3. The van der Waals surface area contributed by atoms with E-state index in [2.05, 4.69) is 37.4 Å². The second-order valence-corrected chi connectivity index (χ2v) is 11.3. The first-order valence-corrected chi connectivity index (χ1v) is 13.6. The SMILES string of the molecule is Cc1ccc(C[S+](C)c2ccc(OC(=O)OCc3ccccc3)cc2)cc1.F[P-](F)(F)(F)(F)F. The molecular weight excluding hydrogens is 501 g/mol. The van der Waals surface area contributed by atoms with Gasteiger partial charge in [-0.2, -0.15) is 0 Å². The summed E-state index contributed by atoms with van der Waals surface area (Å²) in [6.45, 7) is 2.30. The minimum absolute atomic E-state index is 0.0880. The molecule has 3 rings (SSSR count). The molecule has 0 N–H and O–H groups in total. The van der Waals surface area contributed by atoms with Gasteiger partial charge in [-0.25, -0.2) is 4.79 Å². The van der Waals surface area contributed by atoms with E-state index in [4.69, 9.17) is 9.47 Å². The molecule has 0 heterocycles. The molecule has 0 saturated heterocycles. The maximum atomic E-state index is 11.8. The molecule has 0 aliphatic rings. The molecule has 0 aromatic heterocycles. The van der Waals surface area contributed by atoms with Gasteiger partial charge in [-0.1, -0.05) is 60.2 Å². The van der Waals surface area contributed by atoms with Gasteiger partial charge in [0.15, 0.2) is 4.90 Å². The average molecular weight is 524 g/mol. The van der Waals surface area contributed by atoms with Gasteiger partial charge in [-0.3, -0.25) is 0 Å². The number of rotatable bonds is 6. The summed E-state index contributed by atoms with van der Waals surface area (Å²) in [4.78, 5) is 13.1. The summed E-state index contributed by atoms with van der Waals surface area (Å²) in [7, 11) is -10.6. The van der Waals surface area contributed by atoms with Crippen LogP contribution in [0, 0.1) is 6.92 Å². The summed E-state index contributed by atoms with van der Waals surface area (Å²) in [6.07, 6.45) is 1.53. The van der Waals surface area contributed by atoms with E-state index in [1.165, 1.54) is 16.0 Å². The Balaban J connectivity index is 0.000000509. The van der Waals surface area contributed by atoms with Crippen LogP contribution in [0.3, 0.4) is 0 Å². The van der Waals surface area contributed by atoms with Gasteiger partial charge in [0.2, 0.25) is 0 Å². The molecule has 1 atom stereocenters. The maximum absolute atomic E-state index is 11.8. The molecule has 0 fully saturated rings. The van der Waals surface area contributed by atoms with Crippen LogP contribution in [0.15, 0.2) is 83.8 Å². The van der Waals surface area contributed by atoms with Gasteiger partial charge in [0, 0.05) is 16.5 Å². The van der Waals surface area contributed by atoms with E-state index in [1.54, 1.807) is 0 Å². The zero-order chi connectivity index (χ0) is 25.5. The van der Waals surface area contributed by atoms with Crippen LogP contribution < -0.4 is 4.74 Å². The van der Waals surface area contributed by atoms with Crippen molar-refractivity contribution in [3.63, 3.8) is 0 Å². The first kappa shape index (κ1) is 27.5. The van der Waals surface area contributed by atoms with Crippen molar-refractivity contribution in [2.45, 2.75) is 24.2 Å². The molecule has 3 nitrogen and oxygen atoms in total. The number of aryl methyl sites for hydroxylation is 1. The molecule has 186 valence electrons. The molecule has 34 heavy (non-hydrogen) atoms. The second kappa shape index (κ2) is 10.3. The quantitative estimate of drug-likeness (QED) is 0.106. The van der Waals surface area contributed by atoms with Gasteiger partial charge in [-0.05, 0) is 36.8 Å². The summed E-state index contributed by atoms with van der Waals surface area (Å²) in [6, 6.07) is 25.8. The van der Waals surface area contributed by atoms with Crippen molar-refractivity contribution >= 4 is 24.9 Å². The predicted octanol–water partition coefficient (Wildman–Crippen LogP) is 8.90. The Kier molecular flexibility index (Phi) is 8.32. The van der Waals surface area contributed by atoms with Gasteiger partial charge in [0.05, 0.1) is 0 Å². The zero-order valence-corrected chi connectivity index (χ0v) is 20.0. The van der Waals surface area contributed by atoms with Crippen LogP contribution in [-0.4, -0.2) is 12.4 Å². The first-order valence-electron chi connectivity index (χ1n) is 9.78. The molecule has 0 aliphatic heterocycles. The second-order valence-electron chi connectivity index (χ2n) is 7.32. The molecule has 0 spiro atoms. The van der Waals surface area contributed by atoms with E-state index >= 15 is 0 Å². The number of hydrogen-bond acceptors (Lipinski definition) is 3. The summed E-state index contributed by atoms with van der Waals surface area (Å²) in [5.74, 6) is 1.49. The molecule has 0 radical (unpaired) electrons. The van der Waals surface area contributed by atoms with Gasteiger partial charge >= 0.3 is 39.1 Å². The van der Waals surface area contributed by atoms with Gasteiger partial charge in [0.1, 0.15) is 24.4 Å². The predicted molar refractivity (Wildman–Crippen MR) is 124 cm³/mol. The van der Waals surface area contributed by atoms with E-state index < -0.39 is 14.0 Å². The molecule has 3 aromatic carbocycles. The monoisotopic (exact) mass is 524 g/mol. The van der Waals surface area contributed by atoms with E-state index in [1.807, 2.05) is 54.6 Å². The van der Waals surface area contributed by atoms with Gasteiger partial charge < -0.3 is 9.47 Å². The van der Waals surface area contributed by atoms with Crippen molar-refractivity contribution < 1.29 is 39.4 Å². The summed E-state index contributed by atoms with van der Waals surface area (Å²) in [5.41, 5.74) is 3.53. The fraction of sp³-hybridized carbons (Fsp3) is 0.174. The fourth-order valence-electron chi connectivity index (χ4n) is 2.60. The van der Waals surface area contributed by atoms with Gasteiger partial charge in [0.25, 0.3) is 0 Å². The summed E-state index contributed by atoms with van der Waals surface area (Å²) >= 11 is 0. The molecule has 0 amide bonds. The Bertz CT molecular complexity index is 1060. The third-order valence-corrected chi connectivity index (χ3v) is 5.97. The molecule has 0 bridgehead atoms. The third kappa shape index (κ3) is 13.1. The van der Waals surface area contributed by atoms with E-state index in [0.717, 1.165) is 11.3 Å². The van der Waals surface area contributed by atoms with Crippen LogP contribution in [-0.2, 0) is 28.0 Å². The summed E-state index contributed by atoms with van der Waals surface area (Å²) in [5, 5.41) is 0. The Hall–Kier alpha value is -2.71. The molecular formula is C23H23F6O3PS. The Morgan fingerprint density at radius 3 is 1.85 bits per heavy atom. The van der Waals surface area contributed by atoms with Gasteiger partial charge in [-0.15, -0.1) is 0 Å². The van der Waals surface area contributed by atoms with Crippen molar-refractivity contribution in [2.24, 2.45) is 0 Å². The number of hydrogen-bond donors (Lipinski definition) is 0. The Labute approximate surface area is 196 Å². The molecule has 11 heteroatoms. The van der Waals surface area contributed by atoms with Crippen LogP contribution in [0.4, 0.5) is 30.0 Å². The Morgan fingerprint density at radius 2 is 1.32 bits per heavy atom. The minimum atomic E-state index is -10.7. The van der Waals surface area contributed by atoms with Crippen LogP contribution >= 0.6 is 7.81 Å². The van der Waals surface area contributed by atoms with Crippen molar-refractivity contribution in [2.75, 3.05) is 6.26 Å². The normalized spacial score (nSPS) is 14.0. The first-order chi connectivity index (χ1) is 15.5. The number of carbonyl (C=O) groups excluding carboxylic acids is 1. The van der Waals surface area contributed by atoms with E-state index in [-0.39, 0.29) is 17.5 Å². The number of carbonyl (C=O) groups is 1. The molecule has 0 aliphatic carbocycles. The number of ether oxygens (including phenoxy) is 2. The summed E-state index contributed by atoms with van der Waals surface area (Å²) < 4.78 is 69.6. The Morgan fingerprint density at radius 1 is 0.794 bits per heavy atom. The zero-order valence-electron chi connectivity index (χ0n) is 18.3. The van der Waals surface area contributed by atoms with Crippen molar-refractivity contribution in [1.82, 2.24) is 0 Å². The molecule has 3 aromatic rings. The van der Waals surface area contributed by atoms with E-state index in [9.17, 15) is 30.0 Å². The molecule has 1 unspecified atom stereocenters.